The predicted molar refractivity (Wildman–Crippen MR) is 60.4 cm³/mol. The summed E-state index contributed by atoms with van der Waals surface area (Å²) in [5, 5.41) is 8.56. The largest absolute Gasteiger partial charge is 0.395 e. The second-order valence-corrected chi connectivity index (χ2v) is 3.87. The van der Waals surface area contributed by atoms with E-state index in [0.717, 1.165) is 6.07 Å². The molecule has 0 fully saturated rings. The van der Waals surface area contributed by atoms with E-state index in [-0.39, 0.29) is 11.6 Å². The third kappa shape index (κ3) is 3.61. The maximum atomic E-state index is 13.5. The molecule has 18 heavy (non-hydrogen) atoms. The van der Waals surface area contributed by atoms with Gasteiger partial charge in [0.1, 0.15) is 5.82 Å². The Kier molecular flexibility index (Phi) is 5.43. The summed E-state index contributed by atoms with van der Waals surface area (Å²) >= 11 is 5.67. The molecule has 7 heteroatoms. The number of nitrogens with zero attached hydrogens (tertiary/aromatic N) is 1. The SMILES string of the molecule is O=C(c1c(F)cccc1Cl)N(CCO)CC(F)F. The molecule has 0 aliphatic carbocycles. The summed E-state index contributed by atoms with van der Waals surface area (Å²) in [5.41, 5.74) is -0.465. The monoisotopic (exact) mass is 281 g/mol. The van der Waals surface area contributed by atoms with E-state index in [2.05, 4.69) is 0 Å². The van der Waals surface area contributed by atoms with Crippen LogP contribution >= 0.6 is 11.6 Å². The number of aliphatic hydroxyl groups is 1. The Balaban J connectivity index is 3.01. The van der Waals surface area contributed by atoms with Crippen molar-refractivity contribution in [3.63, 3.8) is 0 Å². The molecule has 0 aliphatic heterocycles. The van der Waals surface area contributed by atoms with Crippen LogP contribution in [0.2, 0.25) is 5.02 Å². The first-order valence-corrected chi connectivity index (χ1v) is 5.47. The van der Waals surface area contributed by atoms with E-state index in [1.54, 1.807) is 0 Å². The van der Waals surface area contributed by atoms with Gasteiger partial charge in [-0.1, -0.05) is 17.7 Å². The van der Waals surface area contributed by atoms with Crippen molar-refractivity contribution < 1.29 is 23.1 Å². The number of carbonyl (C=O) groups is 1. The third-order valence-electron chi connectivity index (χ3n) is 2.19. The summed E-state index contributed by atoms with van der Waals surface area (Å²) in [5.74, 6) is -1.85. The van der Waals surface area contributed by atoms with E-state index in [9.17, 15) is 18.0 Å². The van der Waals surface area contributed by atoms with Crippen molar-refractivity contribution in [1.29, 1.82) is 0 Å². The molecule has 1 N–H and O–H groups in total. The van der Waals surface area contributed by atoms with Gasteiger partial charge in [0, 0.05) is 6.54 Å². The lowest BCUT2D eigenvalue weighted by molar-refractivity contribution is 0.0505. The molecule has 1 amide bonds. The van der Waals surface area contributed by atoms with Crippen LogP contribution in [0.15, 0.2) is 18.2 Å². The number of aliphatic hydroxyl groups excluding tert-OH is 1. The molecule has 1 rings (SSSR count). The maximum Gasteiger partial charge on any atom is 0.258 e. The summed E-state index contributed by atoms with van der Waals surface area (Å²) in [6.45, 7) is -1.69. The number of amides is 1. The molecule has 0 saturated carbocycles. The van der Waals surface area contributed by atoms with Gasteiger partial charge in [-0.3, -0.25) is 4.79 Å². The Morgan fingerprint density at radius 2 is 2.11 bits per heavy atom. The van der Waals surface area contributed by atoms with Gasteiger partial charge in [-0.15, -0.1) is 0 Å². The van der Waals surface area contributed by atoms with Crippen molar-refractivity contribution in [3.8, 4) is 0 Å². The van der Waals surface area contributed by atoms with E-state index in [1.807, 2.05) is 0 Å². The summed E-state index contributed by atoms with van der Waals surface area (Å²) in [6, 6.07) is 3.61. The zero-order valence-electron chi connectivity index (χ0n) is 9.25. The van der Waals surface area contributed by atoms with Crippen LogP contribution in [0.4, 0.5) is 13.2 Å². The van der Waals surface area contributed by atoms with Crippen LogP contribution in [0.3, 0.4) is 0 Å². The lowest BCUT2D eigenvalue weighted by Gasteiger charge is -2.22. The van der Waals surface area contributed by atoms with Crippen molar-refractivity contribution in [2.24, 2.45) is 0 Å². The molecule has 1 aromatic rings. The van der Waals surface area contributed by atoms with Crippen LogP contribution in [0, 0.1) is 5.82 Å². The number of hydrogen-bond acceptors (Lipinski definition) is 2. The number of benzene rings is 1. The normalized spacial score (nSPS) is 10.8. The molecule has 100 valence electrons. The zero-order chi connectivity index (χ0) is 13.7. The fraction of sp³-hybridized carbons (Fsp3) is 0.364. The van der Waals surface area contributed by atoms with Gasteiger partial charge in [0.05, 0.1) is 23.7 Å². The van der Waals surface area contributed by atoms with E-state index in [1.165, 1.54) is 12.1 Å². The van der Waals surface area contributed by atoms with E-state index >= 15 is 0 Å². The summed E-state index contributed by atoms with van der Waals surface area (Å²) < 4.78 is 38.0. The molecule has 0 saturated heterocycles. The highest BCUT2D eigenvalue weighted by atomic mass is 35.5. The molecule has 0 bridgehead atoms. The van der Waals surface area contributed by atoms with Crippen molar-refractivity contribution in [2.75, 3.05) is 19.7 Å². The van der Waals surface area contributed by atoms with Crippen molar-refractivity contribution in [1.82, 2.24) is 4.90 Å². The Morgan fingerprint density at radius 3 is 2.61 bits per heavy atom. The van der Waals surface area contributed by atoms with Crippen molar-refractivity contribution >= 4 is 17.5 Å². The minimum absolute atomic E-state index is 0.155. The highest BCUT2D eigenvalue weighted by molar-refractivity contribution is 6.33. The lowest BCUT2D eigenvalue weighted by atomic mass is 10.2. The van der Waals surface area contributed by atoms with Gasteiger partial charge in [0.2, 0.25) is 0 Å². The van der Waals surface area contributed by atoms with E-state index < -0.39 is 36.9 Å². The fourth-order valence-corrected chi connectivity index (χ4v) is 1.67. The Labute approximate surface area is 107 Å². The van der Waals surface area contributed by atoms with Gasteiger partial charge in [0.15, 0.2) is 0 Å². The Bertz CT molecular complexity index is 408. The molecule has 0 heterocycles. The number of hydrogen-bond donors (Lipinski definition) is 1. The van der Waals surface area contributed by atoms with Crippen LogP contribution < -0.4 is 0 Å². The highest BCUT2D eigenvalue weighted by Gasteiger charge is 2.24. The standard InChI is InChI=1S/C11H11ClF3NO2/c12-7-2-1-3-8(13)10(7)11(18)16(4-5-17)6-9(14)15/h1-3,9,17H,4-6H2. The second kappa shape index (κ2) is 6.61. The zero-order valence-corrected chi connectivity index (χ0v) is 10.0. The third-order valence-corrected chi connectivity index (χ3v) is 2.51. The Hall–Kier alpha value is -1.27. The van der Waals surface area contributed by atoms with Gasteiger partial charge in [-0.2, -0.15) is 0 Å². The molecule has 0 unspecified atom stereocenters. The minimum atomic E-state index is -2.77. The van der Waals surface area contributed by atoms with Crippen molar-refractivity contribution in [3.05, 3.63) is 34.6 Å². The number of rotatable bonds is 5. The Morgan fingerprint density at radius 1 is 1.44 bits per heavy atom. The van der Waals surface area contributed by atoms with Crippen molar-refractivity contribution in [2.45, 2.75) is 6.43 Å². The topological polar surface area (TPSA) is 40.5 Å². The van der Waals surface area contributed by atoms with Crippen LogP contribution in [-0.4, -0.2) is 42.0 Å². The predicted octanol–water partition coefficient (Wildman–Crippen LogP) is 2.18. The highest BCUT2D eigenvalue weighted by Crippen LogP contribution is 2.21. The van der Waals surface area contributed by atoms with Gasteiger partial charge in [-0.25, -0.2) is 13.2 Å². The van der Waals surface area contributed by atoms with Crippen LogP contribution in [0.1, 0.15) is 10.4 Å². The van der Waals surface area contributed by atoms with Crippen LogP contribution in [-0.2, 0) is 0 Å². The molecule has 0 aliphatic rings. The fourth-order valence-electron chi connectivity index (χ4n) is 1.42. The second-order valence-electron chi connectivity index (χ2n) is 3.46. The van der Waals surface area contributed by atoms with E-state index in [4.69, 9.17) is 16.7 Å². The molecule has 0 aromatic heterocycles. The molecule has 0 spiro atoms. The van der Waals surface area contributed by atoms with E-state index in [0.29, 0.717) is 4.90 Å². The first-order valence-electron chi connectivity index (χ1n) is 5.09. The first kappa shape index (κ1) is 14.8. The maximum absolute atomic E-state index is 13.5. The average Bonchev–Trinajstić information content (AvgIpc) is 2.27. The first-order chi connectivity index (χ1) is 8.47. The molecule has 1 aromatic carbocycles. The summed E-state index contributed by atoms with van der Waals surface area (Å²) in [6.07, 6.45) is -2.77. The molecular formula is C11H11ClF3NO2. The van der Waals surface area contributed by atoms with Gasteiger partial charge < -0.3 is 10.0 Å². The van der Waals surface area contributed by atoms with Crippen LogP contribution in [0.5, 0.6) is 0 Å². The smallest absolute Gasteiger partial charge is 0.258 e. The quantitative estimate of drug-likeness (QED) is 0.899. The molecular weight excluding hydrogens is 271 g/mol. The number of halogens is 4. The lowest BCUT2D eigenvalue weighted by Crippen LogP contribution is -2.37. The summed E-state index contributed by atoms with van der Waals surface area (Å²) in [7, 11) is 0. The number of alkyl halides is 2. The summed E-state index contributed by atoms with van der Waals surface area (Å²) in [4.78, 5) is 12.5. The molecule has 3 nitrogen and oxygen atoms in total. The van der Waals surface area contributed by atoms with Gasteiger partial charge >= 0.3 is 0 Å². The minimum Gasteiger partial charge on any atom is -0.395 e. The molecule has 0 radical (unpaired) electrons. The number of carbonyl (C=O) groups excluding carboxylic acids is 1. The van der Waals surface area contributed by atoms with Crippen LogP contribution in [0.25, 0.3) is 0 Å². The molecule has 0 atom stereocenters. The van der Waals surface area contributed by atoms with Gasteiger partial charge in [-0.05, 0) is 12.1 Å². The van der Waals surface area contributed by atoms with Gasteiger partial charge in [0.25, 0.3) is 12.3 Å². The average molecular weight is 282 g/mol.